The molecule has 29 heavy (non-hydrogen) atoms. The Labute approximate surface area is 171 Å². The maximum absolute atomic E-state index is 12.4. The van der Waals surface area contributed by atoms with Crippen LogP contribution in [-0.4, -0.2) is 48.3 Å². The van der Waals surface area contributed by atoms with Crippen molar-refractivity contribution in [1.29, 1.82) is 0 Å². The number of rotatable bonds is 12. The zero-order valence-corrected chi connectivity index (χ0v) is 18.5. The lowest BCUT2D eigenvalue weighted by Crippen LogP contribution is -2.39. The van der Waals surface area contributed by atoms with Gasteiger partial charge in [-0.05, 0) is 47.0 Å². The summed E-state index contributed by atoms with van der Waals surface area (Å²) in [6.45, 7) is 12.4. The van der Waals surface area contributed by atoms with Gasteiger partial charge in [-0.25, -0.2) is 9.59 Å². The van der Waals surface area contributed by atoms with Crippen LogP contribution in [0.1, 0.15) is 80.6 Å². The first-order valence-corrected chi connectivity index (χ1v) is 9.92. The molecule has 0 saturated heterocycles. The molecule has 0 aliphatic rings. The highest BCUT2D eigenvalue weighted by molar-refractivity contribution is 5.76. The van der Waals surface area contributed by atoms with E-state index in [1.807, 2.05) is 20.8 Å². The zero-order valence-electron chi connectivity index (χ0n) is 18.5. The average molecular weight is 428 g/mol. The first-order valence-electron chi connectivity index (χ1n) is 9.92. The molecular weight excluding hydrogens is 393 g/mol. The topological polar surface area (TPSA) is 71.1 Å². The Morgan fingerprint density at radius 3 is 1.72 bits per heavy atom. The fourth-order valence-electron chi connectivity index (χ4n) is 2.20. The monoisotopic (exact) mass is 428 g/mol. The first-order chi connectivity index (χ1) is 13.1. The summed E-state index contributed by atoms with van der Waals surface area (Å²) in [6, 6.07) is 0. The summed E-state index contributed by atoms with van der Waals surface area (Å²) in [6.07, 6.45) is -3.77. The van der Waals surface area contributed by atoms with Gasteiger partial charge in [-0.3, -0.25) is 0 Å². The molecule has 0 aromatic carbocycles. The van der Waals surface area contributed by atoms with Crippen molar-refractivity contribution >= 4 is 12.1 Å². The molecule has 0 bridgehead atoms. The van der Waals surface area contributed by atoms with Crippen LogP contribution in [0.5, 0.6) is 0 Å². The molecule has 6 nitrogen and oxygen atoms in total. The van der Waals surface area contributed by atoms with Gasteiger partial charge in [-0.1, -0.05) is 20.8 Å². The van der Waals surface area contributed by atoms with Crippen LogP contribution in [0.15, 0.2) is 0 Å². The molecule has 0 fully saturated rings. The standard InChI is InChI=1S/C20H35F3O6/c1-8-18(6,9-2)29-16(25)26-13-11-17(4,5)27-14-12-19(7,10-3)28-15(24)20(21,22)23/h8-14H2,1-7H3. The Kier molecular flexibility index (Phi) is 10.5. The first kappa shape index (κ1) is 27.5. The van der Waals surface area contributed by atoms with Crippen molar-refractivity contribution < 1.29 is 41.7 Å². The highest BCUT2D eigenvalue weighted by Crippen LogP contribution is 2.27. The Bertz CT molecular complexity index is 529. The highest BCUT2D eigenvalue weighted by Gasteiger charge is 2.44. The van der Waals surface area contributed by atoms with E-state index in [1.54, 1.807) is 20.8 Å². The van der Waals surface area contributed by atoms with E-state index >= 15 is 0 Å². The maximum atomic E-state index is 12.4. The number of esters is 1. The van der Waals surface area contributed by atoms with E-state index in [4.69, 9.17) is 14.2 Å². The summed E-state index contributed by atoms with van der Waals surface area (Å²) in [5, 5.41) is 0. The average Bonchev–Trinajstić information content (AvgIpc) is 2.60. The maximum Gasteiger partial charge on any atom is 0.508 e. The van der Waals surface area contributed by atoms with Gasteiger partial charge in [-0.15, -0.1) is 0 Å². The smallest absolute Gasteiger partial charge is 0.453 e. The van der Waals surface area contributed by atoms with Gasteiger partial charge in [0.2, 0.25) is 0 Å². The fourth-order valence-corrected chi connectivity index (χ4v) is 2.20. The molecule has 1 atom stereocenters. The fraction of sp³-hybridized carbons (Fsp3) is 0.900. The molecule has 0 rings (SSSR count). The SMILES string of the molecule is CCC(C)(CC)OC(=O)OCCC(C)(C)OCCC(C)(CC)OC(=O)C(F)(F)F. The van der Waals surface area contributed by atoms with E-state index in [0.717, 1.165) is 0 Å². The molecule has 0 spiro atoms. The molecule has 0 aromatic heterocycles. The number of halogens is 3. The lowest BCUT2D eigenvalue weighted by Gasteiger charge is -2.31. The van der Waals surface area contributed by atoms with E-state index in [-0.39, 0.29) is 26.1 Å². The number of carbonyl (C=O) groups is 2. The normalized spacial score (nSPS) is 14.8. The van der Waals surface area contributed by atoms with Crippen LogP contribution < -0.4 is 0 Å². The molecular formula is C20H35F3O6. The molecule has 172 valence electrons. The van der Waals surface area contributed by atoms with Gasteiger partial charge in [0.1, 0.15) is 11.2 Å². The Hall–Kier alpha value is -1.51. The molecule has 0 N–H and O–H groups in total. The number of hydrogen-bond acceptors (Lipinski definition) is 6. The van der Waals surface area contributed by atoms with E-state index in [2.05, 4.69) is 4.74 Å². The molecule has 0 saturated carbocycles. The van der Waals surface area contributed by atoms with Gasteiger partial charge >= 0.3 is 18.3 Å². The van der Waals surface area contributed by atoms with Crippen molar-refractivity contribution in [2.75, 3.05) is 13.2 Å². The van der Waals surface area contributed by atoms with Crippen molar-refractivity contribution in [1.82, 2.24) is 0 Å². The number of hydrogen-bond donors (Lipinski definition) is 0. The molecule has 9 heteroatoms. The van der Waals surface area contributed by atoms with Crippen molar-refractivity contribution in [2.45, 2.75) is 104 Å². The van der Waals surface area contributed by atoms with Crippen molar-refractivity contribution in [2.24, 2.45) is 0 Å². The number of ether oxygens (including phenoxy) is 4. The summed E-state index contributed by atoms with van der Waals surface area (Å²) in [5.41, 5.74) is -2.54. The van der Waals surface area contributed by atoms with Gasteiger partial charge in [0.25, 0.3) is 0 Å². The molecule has 0 heterocycles. The third-order valence-electron chi connectivity index (χ3n) is 5.19. The minimum atomic E-state index is -5.03. The summed E-state index contributed by atoms with van der Waals surface area (Å²) in [5.74, 6) is -2.21. The van der Waals surface area contributed by atoms with Crippen LogP contribution in [-0.2, 0) is 23.7 Å². The van der Waals surface area contributed by atoms with Crippen LogP contribution in [0.4, 0.5) is 18.0 Å². The van der Waals surface area contributed by atoms with E-state index in [0.29, 0.717) is 19.3 Å². The molecule has 1 unspecified atom stereocenters. The predicted molar refractivity (Wildman–Crippen MR) is 102 cm³/mol. The predicted octanol–water partition coefficient (Wildman–Crippen LogP) is 5.57. The van der Waals surface area contributed by atoms with Crippen LogP contribution in [0, 0.1) is 0 Å². The third kappa shape index (κ3) is 10.7. The van der Waals surface area contributed by atoms with Crippen LogP contribution in [0.25, 0.3) is 0 Å². The highest BCUT2D eigenvalue weighted by atomic mass is 19.4. The largest absolute Gasteiger partial charge is 0.508 e. The number of carbonyl (C=O) groups excluding carboxylic acids is 2. The van der Waals surface area contributed by atoms with Crippen LogP contribution >= 0.6 is 0 Å². The van der Waals surface area contributed by atoms with Crippen molar-refractivity contribution in [3.05, 3.63) is 0 Å². The van der Waals surface area contributed by atoms with E-state index in [9.17, 15) is 22.8 Å². The summed E-state index contributed by atoms with van der Waals surface area (Å²) in [4.78, 5) is 22.9. The van der Waals surface area contributed by atoms with Crippen molar-refractivity contribution in [3.63, 3.8) is 0 Å². The van der Waals surface area contributed by atoms with E-state index < -0.39 is 35.1 Å². The quantitative estimate of drug-likeness (QED) is 0.379. The van der Waals surface area contributed by atoms with Gasteiger partial charge < -0.3 is 18.9 Å². The lowest BCUT2D eigenvalue weighted by molar-refractivity contribution is -0.215. The second-order valence-electron chi connectivity index (χ2n) is 8.16. The zero-order chi connectivity index (χ0) is 22.9. The van der Waals surface area contributed by atoms with Crippen LogP contribution in [0.2, 0.25) is 0 Å². The van der Waals surface area contributed by atoms with Gasteiger partial charge in [0.15, 0.2) is 0 Å². The van der Waals surface area contributed by atoms with Crippen molar-refractivity contribution in [3.8, 4) is 0 Å². The summed E-state index contributed by atoms with van der Waals surface area (Å²) >= 11 is 0. The molecule has 0 radical (unpaired) electrons. The van der Waals surface area contributed by atoms with E-state index in [1.165, 1.54) is 6.92 Å². The Morgan fingerprint density at radius 2 is 1.28 bits per heavy atom. The number of alkyl halides is 3. The Balaban J connectivity index is 4.44. The van der Waals surface area contributed by atoms with Gasteiger partial charge in [0.05, 0.1) is 18.8 Å². The van der Waals surface area contributed by atoms with Gasteiger partial charge in [-0.2, -0.15) is 13.2 Å². The molecule has 0 amide bonds. The lowest BCUT2D eigenvalue weighted by atomic mass is 9.99. The second kappa shape index (κ2) is 11.0. The minimum Gasteiger partial charge on any atom is -0.453 e. The minimum absolute atomic E-state index is 0.0729. The van der Waals surface area contributed by atoms with Crippen LogP contribution in [0.3, 0.4) is 0 Å². The van der Waals surface area contributed by atoms with Gasteiger partial charge in [0, 0.05) is 12.8 Å². The third-order valence-corrected chi connectivity index (χ3v) is 5.19. The molecule has 0 aromatic rings. The Morgan fingerprint density at radius 1 is 0.759 bits per heavy atom. The molecule has 0 aliphatic heterocycles. The molecule has 0 aliphatic carbocycles. The summed E-state index contributed by atoms with van der Waals surface area (Å²) < 4.78 is 58.0. The second-order valence-corrected chi connectivity index (χ2v) is 8.16. The summed E-state index contributed by atoms with van der Waals surface area (Å²) in [7, 11) is 0.